The lowest BCUT2D eigenvalue weighted by atomic mass is 9.54. The fourth-order valence-corrected chi connectivity index (χ4v) is 22.1. The molecule has 8 saturated carbocycles. The van der Waals surface area contributed by atoms with Gasteiger partial charge in [-0.3, -0.25) is 38.4 Å². The SMILES string of the molecule is CCNCCCCCCCOCCNCC1[C@H](O)C2C3C[C@H](CC[C@H]3O)[C@H]3NC(=O)[C@@H]4NC(=O)[C@H](CC(N)=O)NC(=O)[C@H](NC(=O)[C@@H](CC(C)C)NC)[C@H](O)[C@H]5CC[C@@H](Oc6cc4cc(c6O[C@@H]4O[C@H](CO)[C@@H](O)[C@H](O)[C@H]4O)O[C@@H]4CC[C@@H](C[C@@H]4Cl)[C@@H](O)[C@H](NC3=O)C(=O)N[C@H](C(=O)NC3C4CC6CC(C4)CC3C6)C2C[C@@H]1O)[C@H](Cl)C5. The van der Waals surface area contributed by atoms with Crippen molar-refractivity contribution in [1.82, 2.24) is 53.2 Å². The van der Waals surface area contributed by atoms with E-state index in [9.17, 15) is 55.5 Å². The Kier molecular flexibility index (Phi) is 31.2. The standard InChI is InChI=1S/C81H127Cl2N11O22/c1-5-86-17-9-7-6-8-10-19-112-20-18-87-34-47-53(97)32-46-60(69(47)101)45-27-39(11-14-52(45)96)62-76(107)94-66(80(111)92-64(46)78(109)89-61-42-23-37-22-38(25-42)26-43(61)24-37)68(100)41-13-16-55(49(83)29-41)114-57-31-44-30-56(73(57)116-81-72(104)71(103)70(102)58(35-95)115-81)113-54-15-12-40(28-48(54)82)67(99)65(93-74(105)50(85-4)21-36(2)3)79(110)88-51(33-59(84)98)75(106)90-63(44)77(108)91-62/h30-31,36-43,45-55,58,60-72,81,85-87,95-97,99-104H,5-29,32-35H2,1-4H3,(H2,84,98)(H,88,110)(H,89,109)(H,90,106)(H,91,108)(H,92,111)(H,93,105)(H,94,107)/t37?,38?,39-,40-,41-,42?,43?,45?,46?,47?,48+,49-,50+,51-,52+,53-,54+,55+,58+,60?,61?,62+,63+,64-,65+,66-,67+,68+,69-,70+,71-,72+,81-/m0/s1. The monoisotopic (exact) mass is 1680 g/mol. The number of hydrogen-bond donors (Lipinski definition) is 20. The number of nitrogens with two attached hydrogens (primary N) is 1. The number of carbonyl (C=O) groups is 8. The normalized spacial score (nSPS) is 40.2. The highest BCUT2D eigenvalue weighted by atomic mass is 35.5. The molecule has 14 aliphatic rings. The molecule has 4 unspecified atom stereocenters. The Labute approximate surface area is 687 Å². The summed E-state index contributed by atoms with van der Waals surface area (Å²) in [7, 11) is 1.54. The highest BCUT2D eigenvalue weighted by Crippen LogP contribution is 2.55. The molecule has 33 nitrogen and oxygen atoms in total. The topological polar surface area (TPSA) is 511 Å². The average Bonchev–Trinajstić information content (AvgIpc) is 0.752. The van der Waals surface area contributed by atoms with Crippen LogP contribution in [0.15, 0.2) is 12.1 Å². The van der Waals surface area contributed by atoms with Crippen molar-refractivity contribution in [3.63, 3.8) is 0 Å². The Balaban J connectivity index is 0.956. The highest BCUT2D eigenvalue weighted by Gasteiger charge is 2.58. The summed E-state index contributed by atoms with van der Waals surface area (Å²) < 4.78 is 32.3. The van der Waals surface area contributed by atoms with Crippen LogP contribution in [0.5, 0.6) is 17.2 Å². The van der Waals surface area contributed by atoms with Crippen molar-refractivity contribution in [3.8, 4) is 17.2 Å². The van der Waals surface area contributed by atoms with Gasteiger partial charge < -0.3 is 129 Å². The first-order valence-corrected chi connectivity index (χ1v) is 43.6. The number of likely N-dealkylation sites (N-methyl/N-ethyl adjacent to an activating group) is 1. The number of alkyl halides is 2. The number of aliphatic hydroxyl groups is 9. The number of fused-ring (bicyclic) bond motifs is 15. The molecular weight excluding hydrogens is 1550 g/mol. The first-order valence-electron chi connectivity index (χ1n) is 42.8. The van der Waals surface area contributed by atoms with E-state index in [0.717, 1.165) is 77.3 Å². The Hall–Kier alpha value is -5.60. The molecule has 1 aromatic rings. The quantitative estimate of drug-likeness (QED) is 0.0386. The number of carbonyl (C=O) groups excluding carboxylic acids is 8. The molecular formula is C81H127Cl2N11O22. The van der Waals surface area contributed by atoms with Gasteiger partial charge in [0.05, 0.1) is 67.0 Å². The summed E-state index contributed by atoms with van der Waals surface area (Å²) in [6.45, 7) is 8.14. The number of unbranched alkanes of at least 4 members (excludes halogenated alkanes) is 4. The van der Waals surface area contributed by atoms with Gasteiger partial charge in [-0.05, 0) is 219 Å². The Morgan fingerprint density at radius 2 is 1.23 bits per heavy atom. The van der Waals surface area contributed by atoms with E-state index in [1.807, 2.05) is 13.8 Å². The minimum absolute atomic E-state index is 0.00117. The number of aliphatic hydroxyl groups excluding tert-OH is 9. The maximum Gasteiger partial charge on any atom is 0.247 e. The van der Waals surface area contributed by atoms with Crippen LogP contribution in [0, 0.1) is 71.0 Å². The Morgan fingerprint density at radius 3 is 1.86 bits per heavy atom. The first kappa shape index (κ1) is 89.7. The summed E-state index contributed by atoms with van der Waals surface area (Å²) >= 11 is 14.8. The van der Waals surface area contributed by atoms with Gasteiger partial charge in [-0.1, -0.05) is 40.0 Å². The van der Waals surface area contributed by atoms with E-state index < -0.39 is 234 Å². The van der Waals surface area contributed by atoms with Crippen LogP contribution in [-0.4, -0.2) is 273 Å². The Morgan fingerprint density at radius 1 is 0.603 bits per heavy atom. The average molecular weight is 1680 g/mol. The second-order valence-electron chi connectivity index (χ2n) is 35.6. The molecule has 0 spiro atoms. The van der Waals surface area contributed by atoms with E-state index in [4.69, 9.17) is 52.6 Å². The summed E-state index contributed by atoms with van der Waals surface area (Å²) in [6.07, 6.45) is -10.5. The molecule has 6 heterocycles. The molecule has 15 rings (SSSR count). The number of nitrogens with one attached hydrogen (secondary N) is 10. The molecule has 652 valence electrons. The second kappa shape index (κ2) is 40.4. The number of rotatable bonds is 26. The van der Waals surface area contributed by atoms with Crippen LogP contribution >= 0.6 is 23.2 Å². The predicted molar refractivity (Wildman–Crippen MR) is 421 cm³/mol. The molecule has 21 N–H and O–H groups in total. The summed E-state index contributed by atoms with van der Waals surface area (Å²) in [6, 6.07) is -9.94. The number of benzene rings is 1. The summed E-state index contributed by atoms with van der Waals surface area (Å²) in [5, 5.41) is 136. The lowest BCUT2D eigenvalue weighted by Gasteiger charge is -2.55. The van der Waals surface area contributed by atoms with E-state index in [1.165, 1.54) is 12.1 Å². The minimum atomic E-state index is -2.13. The lowest BCUT2D eigenvalue weighted by molar-refractivity contribution is -0.278. The molecule has 35 heteroatoms. The van der Waals surface area contributed by atoms with Gasteiger partial charge in [-0.15, -0.1) is 23.2 Å². The van der Waals surface area contributed by atoms with Crippen LogP contribution in [0.4, 0.5) is 0 Å². The van der Waals surface area contributed by atoms with Crippen LogP contribution in [0.1, 0.15) is 174 Å². The van der Waals surface area contributed by atoms with E-state index in [-0.39, 0.29) is 118 Å². The third-order valence-electron chi connectivity index (χ3n) is 27.3. The fourth-order valence-electron chi connectivity index (χ4n) is 21.3. The van der Waals surface area contributed by atoms with Crippen molar-refractivity contribution in [2.75, 3.05) is 53.0 Å². The maximum absolute atomic E-state index is 16.5. The lowest BCUT2D eigenvalue weighted by Crippen LogP contribution is -2.68. The van der Waals surface area contributed by atoms with Crippen molar-refractivity contribution in [1.29, 1.82) is 0 Å². The van der Waals surface area contributed by atoms with Crippen molar-refractivity contribution >= 4 is 70.5 Å². The van der Waals surface area contributed by atoms with Crippen LogP contribution in [-0.2, 0) is 47.8 Å². The molecule has 28 atom stereocenters. The third-order valence-corrected chi connectivity index (χ3v) is 28.2. The van der Waals surface area contributed by atoms with Gasteiger partial charge in [0.25, 0.3) is 0 Å². The number of halogens is 2. The van der Waals surface area contributed by atoms with E-state index in [1.54, 1.807) is 7.05 Å². The van der Waals surface area contributed by atoms with Crippen LogP contribution in [0.2, 0.25) is 0 Å². The van der Waals surface area contributed by atoms with Crippen LogP contribution < -0.4 is 73.1 Å². The summed E-state index contributed by atoms with van der Waals surface area (Å²) in [5.74, 6) is -15.0. The zero-order valence-electron chi connectivity index (χ0n) is 67.0. The van der Waals surface area contributed by atoms with E-state index >= 15 is 28.8 Å². The molecule has 8 amide bonds. The third kappa shape index (κ3) is 20.9. The largest absolute Gasteiger partial charge is 0.485 e. The van der Waals surface area contributed by atoms with Gasteiger partial charge >= 0.3 is 0 Å². The summed E-state index contributed by atoms with van der Waals surface area (Å²) in [4.78, 5) is 123. The Bertz CT molecular complexity index is 3510. The highest BCUT2D eigenvalue weighted by molar-refractivity contribution is 6.21. The molecule has 0 aromatic heterocycles. The first-order chi connectivity index (χ1) is 55.5. The van der Waals surface area contributed by atoms with Crippen molar-refractivity contribution in [2.45, 2.75) is 295 Å². The molecule has 2 saturated heterocycles. The van der Waals surface area contributed by atoms with Crippen molar-refractivity contribution in [2.24, 2.45) is 76.7 Å². The van der Waals surface area contributed by atoms with Crippen molar-refractivity contribution in [3.05, 3.63) is 17.7 Å². The molecule has 1 aromatic carbocycles. The smallest absolute Gasteiger partial charge is 0.247 e. The summed E-state index contributed by atoms with van der Waals surface area (Å²) in [5.41, 5.74) is 5.63. The van der Waals surface area contributed by atoms with Gasteiger partial charge in [-0.25, -0.2) is 0 Å². The number of amides is 8. The van der Waals surface area contributed by atoms with Crippen molar-refractivity contribution < 1.29 is 108 Å². The van der Waals surface area contributed by atoms with Crippen LogP contribution in [0.25, 0.3) is 0 Å². The van der Waals surface area contributed by atoms with Gasteiger partial charge in [-0.2, -0.15) is 0 Å². The minimum Gasteiger partial charge on any atom is -0.485 e. The molecule has 10 fully saturated rings. The van der Waals surface area contributed by atoms with Gasteiger partial charge in [0.15, 0.2) is 11.5 Å². The second-order valence-corrected chi connectivity index (χ2v) is 36.7. The number of ether oxygens (including phenoxy) is 5. The van der Waals surface area contributed by atoms with E-state index in [0.29, 0.717) is 31.6 Å². The zero-order valence-corrected chi connectivity index (χ0v) is 68.5. The maximum atomic E-state index is 16.5. The van der Waals surface area contributed by atoms with E-state index in [2.05, 4.69) is 60.1 Å². The molecule has 15 bridgehead atoms. The van der Waals surface area contributed by atoms with Crippen LogP contribution in [0.3, 0.4) is 0 Å². The van der Waals surface area contributed by atoms with Gasteiger partial charge in [0.2, 0.25) is 59.3 Å². The molecule has 8 aliphatic carbocycles. The fraction of sp³-hybridized carbons (Fsp3) is 0.827. The number of primary amides is 1. The molecule has 6 aliphatic heterocycles. The molecule has 0 radical (unpaired) electrons. The molecule has 116 heavy (non-hydrogen) atoms. The zero-order chi connectivity index (χ0) is 83.1. The van der Waals surface area contributed by atoms with Gasteiger partial charge in [0.1, 0.15) is 72.9 Å². The number of hydrogen-bond acceptors (Lipinski definition) is 25. The predicted octanol–water partition coefficient (Wildman–Crippen LogP) is -1.11. The van der Waals surface area contributed by atoms with Gasteiger partial charge in [0, 0.05) is 31.7 Å².